The molecule has 5 heteroatoms. The van der Waals surface area contributed by atoms with Gasteiger partial charge in [0.05, 0.1) is 23.4 Å². The molecule has 0 aliphatic carbocycles. The van der Waals surface area contributed by atoms with Crippen molar-refractivity contribution in [2.24, 2.45) is 0 Å². The van der Waals surface area contributed by atoms with Crippen LogP contribution in [0.1, 0.15) is 12.8 Å². The maximum absolute atomic E-state index is 5.58. The van der Waals surface area contributed by atoms with Crippen LogP contribution in [0.15, 0.2) is 21.1 Å². The summed E-state index contributed by atoms with van der Waals surface area (Å²) in [7, 11) is 1.66. The third-order valence-corrected chi connectivity index (χ3v) is 4.06. The molecule has 1 unspecified atom stereocenters. The van der Waals surface area contributed by atoms with Gasteiger partial charge in [-0.15, -0.1) is 0 Å². The van der Waals surface area contributed by atoms with E-state index >= 15 is 0 Å². The summed E-state index contributed by atoms with van der Waals surface area (Å²) in [5, 5.41) is 3.38. The number of methoxy groups -OCH3 is 1. The van der Waals surface area contributed by atoms with Gasteiger partial charge in [0.2, 0.25) is 0 Å². The Morgan fingerprint density at radius 1 is 1.41 bits per heavy atom. The van der Waals surface area contributed by atoms with Gasteiger partial charge in [-0.25, -0.2) is 0 Å². The molecular weight excluding hydrogens is 350 g/mol. The Balaban J connectivity index is 2.03. The quantitative estimate of drug-likeness (QED) is 0.881. The smallest absolute Gasteiger partial charge is 0.135 e. The SMILES string of the molecule is COc1cc(NCC2CCCO2)c(Br)cc1Br. The molecule has 2 rings (SSSR count). The second-order valence-electron chi connectivity index (χ2n) is 3.98. The second kappa shape index (κ2) is 6.07. The van der Waals surface area contributed by atoms with E-state index in [-0.39, 0.29) is 0 Å². The Morgan fingerprint density at radius 2 is 2.24 bits per heavy atom. The van der Waals surface area contributed by atoms with Gasteiger partial charge < -0.3 is 14.8 Å². The van der Waals surface area contributed by atoms with E-state index in [4.69, 9.17) is 9.47 Å². The molecule has 94 valence electrons. The molecule has 1 aromatic carbocycles. The van der Waals surface area contributed by atoms with Crippen LogP contribution in [0, 0.1) is 0 Å². The number of nitrogens with one attached hydrogen (secondary N) is 1. The van der Waals surface area contributed by atoms with E-state index in [0.29, 0.717) is 6.10 Å². The van der Waals surface area contributed by atoms with Crippen molar-refractivity contribution in [2.75, 3.05) is 25.6 Å². The third-order valence-electron chi connectivity index (χ3n) is 2.79. The Hall–Kier alpha value is -0.260. The van der Waals surface area contributed by atoms with E-state index in [0.717, 1.165) is 46.4 Å². The van der Waals surface area contributed by atoms with Crippen molar-refractivity contribution in [3.63, 3.8) is 0 Å². The fourth-order valence-electron chi connectivity index (χ4n) is 1.85. The summed E-state index contributed by atoms with van der Waals surface area (Å²) in [5.41, 5.74) is 1.03. The molecule has 0 spiro atoms. The average molecular weight is 365 g/mol. The number of rotatable bonds is 4. The standard InChI is InChI=1S/C12H15Br2NO2/c1-16-12-6-11(9(13)5-10(12)14)15-7-8-3-2-4-17-8/h5-6,8,15H,2-4,7H2,1H3. The lowest BCUT2D eigenvalue weighted by atomic mass is 10.2. The summed E-state index contributed by atoms with van der Waals surface area (Å²) in [4.78, 5) is 0. The lowest BCUT2D eigenvalue weighted by Crippen LogP contribution is -2.18. The number of ether oxygens (including phenoxy) is 2. The number of hydrogen-bond donors (Lipinski definition) is 1. The lowest BCUT2D eigenvalue weighted by molar-refractivity contribution is 0.120. The molecule has 1 saturated heterocycles. The molecule has 0 aromatic heterocycles. The Kier molecular flexibility index (Phi) is 4.70. The van der Waals surface area contributed by atoms with E-state index in [1.807, 2.05) is 12.1 Å². The van der Waals surface area contributed by atoms with Crippen molar-refractivity contribution < 1.29 is 9.47 Å². The van der Waals surface area contributed by atoms with Crippen molar-refractivity contribution in [1.29, 1.82) is 0 Å². The molecule has 1 N–H and O–H groups in total. The number of hydrogen-bond acceptors (Lipinski definition) is 3. The van der Waals surface area contributed by atoms with Crippen LogP contribution >= 0.6 is 31.9 Å². The highest BCUT2D eigenvalue weighted by molar-refractivity contribution is 9.11. The van der Waals surface area contributed by atoms with Crippen molar-refractivity contribution in [3.05, 3.63) is 21.1 Å². The van der Waals surface area contributed by atoms with Crippen LogP contribution < -0.4 is 10.1 Å². The maximum atomic E-state index is 5.58. The Labute approximate surface area is 118 Å². The van der Waals surface area contributed by atoms with Gasteiger partial charge in [0.15, 0.2) is 0 Å². The fraction of sp³-hybridized carbons (Fsp3) is 0.500. The fourth-order valence-corrected chi connectivity index (χ4v) is 3.15. The molecular formula is C12H15Br2NO2. The first kappa shape index (κ1) is 13.2. The van der Waals surface area contributed by atoms with Crippen LogP contribution in [0.2, 0.25) is 0 Å². The molecule has 1 atom stereocenters. The number of anilines is 1. The minimum Gasteiger partial charge on any atom is -0.495 e. The molecule has 1 aromatic rings. The van der Waals surface area contributed by atoms with Gasteiger partial charge in [-0.2, -0.15) is 0 Å². The van der Waals surface area contributed by atoms with Crippen molar-refractivity contribution >= 4 is 37.5 Å². The van der Waals surface area contributed by atoms with Crippen LogP contribution in [-0.2, 0) is 4.74 Å². The molecule has 17 heavy (non-hydrogen) atoms. The van der Waals surface area contributed by atoms with Crippen molar-refractivity contribution in [1.82, 2.24) is 0 Å². The van der Waals surface area contributed by atoms with Gasteiger partial charge >= 0.3 is 0 Å². The van der Waals surface area contributed by atoms with Crippen LogP contribution in [0.25, 0.3) is 0 Å². The molecule has 1 aliphatic heterocycles. The predicted octanol–water partition coefficient (Wildman–Crippen LogP) is 3.81. The van der Waals surface area contributed by atoms with E-state index in [9.17, 15) is 0 Å². The highest BCUT2D eigenvalue weighted by Gasteiger charge is 2.15. The zero-order valence-corrected chi connectivity index (χ0v) is 12.8. The van der Waals surface area contributed by atoms with Crippen LogP contribution in [-0.4, -0.2) is 26.4 Å². The predicted molar refractivity (Wildman–Crippen MR) is 75.9 cm³/mol. The van der Waals surface area contributed by atoms with E-state index in [1.165, 1.54) is 0 Å². The van der Waals surface area contributed by atoms with E-state index in [1.54, 1.807) is 7.11 Å². The van der Waals surface area contributed by atoms with Gasteiger partial charge in [0.25, 0.3) is 0 Å². The average Bonchev–Trinajstić information content (AvgIpc) is 2.81. The number of benzene rings is 1. The second-order valence-corrected chi connectivity index (χ2v) is 5.69. The molecule has 0 amide bonds. The summed E-state index contributed by atoms with van der Waals surface area (Å²) in [6, 6.07) is 3.96. The summed E-state index contributed by atoms with van der Waals surface area (Å²) in [5.74, 6) is 0.822. The molecule has 1 heterocycles. The van der Waals surface area contributed by atoms with Gasteiger partial charge in [-0.3, -0.25) is 0 Å². The molecule has 0 saturated carbocycles. The summed E-state index contributed by atoms with van der Waals surface area (Å²) in [6.45, 7) is 1.72. The lowest BCUT2D eigenvalue weighted by Gasteiger charge is -2.14. The zero-order valence-electron chi connectivity index (χ0n) is 9.63. The molecule has 0 bridgehead atoms. The maximum Gasteiger partial charge on any atom is 0.135 e. The van der Waals surface area contributed by atoms with Crippen LogP contribution in [0.3, 0.4) is 0 Å². The highest BCUT2D eigenvalue weighted by atomic mass is 79.9. The van der Waals surface area contributed by atoms with Crippen molar-refractivity contribution in [3.8, 4) is 5.75 Å². The Bertz CT molecular complexity index is 392. The first-order chi connectivity index (χ1) is 8.20. The third kappa shape index (κ3) is 3.36. The van der Waals surface area contributed by atoms with Gasteiger partial charge in [-0.05, 0) is 50.8 Å². The highest BCUT2D eigenvalue weighted by Crippen LogP contribution is 2.34. The number of halogens is 2. The molecule has 0 radical (unpaired) electrons. The minimum atomic E-state index is 0.330. The van der Waals surface area contributed by atoms with Crippen LogP contribution in [0.4, 0.5) is 5.69 Å². The summed E-state index contributed by atoms with van der Waals surface area (Å²) < 4.78 is 12.8. The Morgan fingerprint density at radius 3 is 2.88 bits per heavy atom. The van der Waals surface area contributed by atoms with Gasteiger partial charge in [0.1, 0.15) is 5.75 Å². The summed E-state index contributed by atoms with van der Waals surface area (Å²) >= 11 is 6.98. The molecule has 1 aliphatic rings. The molecule has 1 fully saturated rings. The minimum absolute atomic E-state index is 0.330. The first-order valence-corrected chi connectivity index (χ1v) is 7.18. The molecule has 3 nitrogen and oxygen atoms in total. The topological polar surface area (TPSA) is 30.5 Å². The zero-order chi connectivity index (χ0) is 12.3. The van der Waals surface area contributed by atoms with E-state index in [2.05, 4.69) is 37.2 Å². The summed E-state index contributed by atoms with van der Waals surface area (Å²) in [6.07, 6.45) is 2.63. The normalized spacial score (nSPS) is 19.4. The monoisotopic (exact) mass is 363 g/mol. The van der Waals surface area contributed by atoms with Gasteiger partial charge in [-0.1, -0.05) is 0 Å². The van der Waals surface area contributed by atoms with Crippen molar-refractivity contribution in [2.45, 2.75) is 18.9 Å². The van der Waals surface area contributed by atoms with Crippen LogP contribution in [0.5, 0.6) is 5.75 Å². The largest absolute Gasteiger partial charge is 0.495 e. The van der Waals surface area contributed by atoms with Gasteiger partial charge in [0, 0.05) is 23.7 Å². The van der Waals surface area contributed by atoms with E-state index < -0.39 is 0 Å². The first-order valence-electron chi connectivity index (χ1n) is 5.59.